The average molecular weight is 640 g/mol. The lowest BCUT2D eigenvalue weighted by Crippen LogP contribution is -2.40. The van der Waals surface area contributed by atoms with Crippen molar-refractivity contribution in [1.29, 1.82) is 0 Å². The minimum absolute atomic E-state index is 0.359. The number of nitrogens with one attached hydrogen (secondary N) is 2. The first-order chi connectivity index (χ1) is 22.1. The summed E-state index contributed by atoms with van der Waals surface area (Å²) in [6.45, 7) is 8.11. The van der Waals surface area contributed by atoms with E-state index in [1.165, 1.54) is 7.11 Å². The molecule has 46 heavy (non-hydrogen) atoms. The van der Waals surface area contributed by atoms with Gasteiger partial charge in [0.1, 0.15) is 11.4 Å². The van der Waals surface area contributed by atoms with Gasteiger partial charge < -0.3 is 25.0 Å². The zero-order valence-corrected chi connectivity index (χ0v) is 27.2. The number of esters is 1. The third kappa shape index (κ3) is 8.10. The van der Waals surface area contributed by atoms with Crippen molar-refractivity contribution in [2.75, 3.05) is 38.6 Å². The molecule has 0 aliphatic carbocycles. The SMILES string of the molecule is COC(=O)c1ccc2c(c1)nc(NCCNCCN(Cc1ccc(-c3ccccc3)c(Cl)c1)C(=O)OC(C)(C)C)c1ccncc12. The molecule has 3 aromatic carbocycles. The normalized spacial score (nSPS) is 11.4. The molecule has 2 heterocycles. The molecule has 0 bridgehead atoms. The van der Waals surface area contributed by atoms with E-state index < -0.39 is 11.6 Å². The number of carbonyl (C=O) groups is 2. The molecule has 2 N–H and O–H groups in total. The standard InChI is InChI=1S/C36H38ClN5O4/c1-36(2,3)46-35(44)42(23-24-10-12-27(31(37)20-24)25-8-6-5-7-9-25)19-18-38-16-17-40-33-29-14-15-39-22-30(29)28-13-11-26(34(43)45-4)21-32(28)41-33/h5-15,20-22,38H,16-19,23H2,1-4H3,(H,40,41). The van der Waals surface area contributed by atoms with E-state index in [1.54, 1.807) is 29.4 Å². The molecule has 238 valence electrons. The van der Waals surface area contributed by atoms with Gasteiger partial charge in [-0.2, -0.15) is 0 Å². The van der Waals surface area contributed by atoms with E-state index in [2.05, 4.69) is 15.6 Å². The lowest BCUT2D eigenvalue weighted by molar-refractivity contribution is 0.0235. The molecule has 10 heteroatoms. The quantitative estimate of drug-likeness (QED) is 0.0879. The lowest BCUT2D eigenvalue weighted by Gasteiger charge is -2.28. The Hall–Kier alpha value is -4.73. The van der Waals surface area contributed by atoms with E-state index in [4.69, 9.17) is 26.1 Å². The van der Waals surface area contributed by atoms with Crippen molar-refractivity contribution in [3.63, 3.8) is 0 Å². The van der Waals surface area contributed by atoms with Gasteiger partial charge in [-0.25, -0.2) is 14.6 Å². The number of hydrogen-bond donors (Lipinski definition) is 2. The molecular weight excluding hydrogens is 602 g/mol. The van der Waals surface area contributed by atoms with Crippen LogP contribution in [0, 0.1) is 0 Å². The van der Waals surface area contributed by atoms with E-state index in [9.17, 15) is 9.59 Å². The Labute approximate surface area is 273 Å². The van der Waals surface area contributed by atoms with Crippen molar-refractivity contribution in [2.45, 2.75) is 32.9 Å². The van der Waals surface area contributed by atoms with Gasteiger partial charge in [0.25, 0.3) is 0 Å². The lowest BCUT2D eigenvalue weighted by atomic mass is 10.0. The van der Waals surface area contributed by atoms with Gasteiger partial charge in [0.05, 0.1) is 18.2 Å². The number of halogens is 1. The number of rotatable bonds is 11. The Balaban J connectivity index is 1.22. The predicted octanol–water partition coefficient (Wildman–Crippen LogP) is 7.33. The van der Waals surface area contributed by atoms with E-state index in [0.29, 0.717) is 54.6 Å². The van der Waals surface area contributed by atoms with Crippen LogP contribution in [0.25, 0.3) is 32.8 Å². The number of aromatic nitrogens is 2. The molecule has 2 aromatic heterocycles. The van der Waals surface area contributed by atoms with Crippen LogP contribution >= 0.6 is 11.6 Å². The fourth-order valence-corrected chi connectivity index (χ4v) is 5.44. The highest BCUT2D eigenvalue weighted by molar-refractivity contribution is 6.33. The Morgan fingerprint density at radius 3 is 2.46 bits per heavy atom. The van der Waals surface area contributed by atoms with Crippen LogP contribution in [0.15, 0.2) is 85.2 Å². The highest BCUT2D eigenvalue weighted by Crippen LogP contribution is 2.30. The third-order valence-electron chi connectivity index (χ3n) is 7.31. The number of amides is 1. The summed E-state index contributed by atoms with van der Waals surface area (Å²) in [5, 5.41) is 10.2. The first kappa shape index (κ1) is 32.7. The predicted molar refractivity (Wildman–Crippen MR) is 183 cm³/mol. The molecule has 0 unspecified atom stereocenters. The minimum Gasteiger partial charge on any atom is -0.465 e. The van der Waals surface area contributed by atoms with E-state index in [0.717, 1.165) is 32.8 Å². The van der Waals surface area contributed by atoms with Crippen molar-refractivity contribution < 1.29 is 19.1 Å². The average Bonchev–Trinajstić information content (AvgIpc) is 3.04. The smallest absolute Gasteiger partial charge is 0.410 e. The summed E-state index contributed by atoms with van der Waals surface area (Å²) >= 11 is 6.66. The van der Waals surface area contributed by atoms with E-state index in [-0.39, 0.29) is 6.09 Å². The summed E-state index contributed by atoms with van der Waals surface area (Å²) in [5.74, 6) is 0.279. The first-order valence-corrected chi connectivity index (χ1v) is 15.5. The third-order valence-corrected chi connectivity index (χ3v) is 7.63. The molecule has 0 atom stereocenters. The molecular formula is C36H38ClN5O4. The summed E-state index contributed by atoms with van der Waals surface area (Å²) in [6, 6.07) is 23.1. The first-order valence-electron chi connectivity index (χ1n) is 15.1. The molecule has 1 amide bonds. The summed E-state index contributed by atoms with van der Waals surface area (Å²) < 4.78 is 10.6. The monoisotopic (exact) mass is 639 g/mol. The molecule has 0 saturated carbocycles. The van der Waals surface area contributed by atoms with Crippen LogP contribution < -0.4 is 10.6 Å². The maximum Gasteiger partial charge on any atom is 0.410 e. The van der Waals surface area contributed by atoms with Crippen LogP contribution in [0.4, 0.5) is 10.6 Å². The van der Waals surface area contributed by atoms with Crippen molar-refractivity contribution in [3.8, 4) is 11.1 Å². The van der Waals surface area contributed by atoms with Gasteiger partial charge in [-0.05, 0) is 56.2 Å². The minimum atomic E-state index is -0.621. The molecule has 9 nitrogen and oxygen atoms in total. The number of methoxy groups -OCH3 is 1. The summed E-state index contributed by atoms with van der Waals surface area (Å²) in [5.41, 5.74) is 3.38. The summed E-state index contributed by atoms with van der Waals surface area (Å²) in [4.78, 5) is 36.0. The highest BCUT2D eigenvalue weighted by Gasteiger charge is 2.22. The van der Waals surface area contributed by atoms with Gasteiger partial charge in [0.2, 0.25) is 0 Å². The van der Waals surface area contributed by atoms with Gasteiger partial charge in [-0.3, -0.25) is 4.98 Å². The van der Waals surface area contributed by atoms with Crippen LogP contribution in [0.5, 0.6) is 0 Å². The van der Waals surface area contributed by atoms with Crippen LogP contribution in [0.1, 0.15) is 36.7 Å². The van der Waals surface area contributed by atoms with Crippen molar-refractivity contribution >= 4 is 51.2 Å². The van der Waals surface area contributed by atoms with Crippen LogP contribution in [0.3, 0.4) is 0 Å². The second kappa shape index (κ2) is 14.6. The summed E-state index contributed by atoms with van der Waals surface area (Å²) in [6.07, 6.45) is 3.15. The molecule has 0 aliphatic rings. The van der Waals surface area contributed by atoms with Crippen LogP contribution in [0.2, 0.25) is 5.02 Å². The van der Waals surface area contributed by atoms with Gasteiger partial charge in [-0.1, -0.05) is 60.1 Å². The zero-order valence-electron chi connectivity index (χ0n) is 26.5. The second-order valence-corrected chi connectivity index (χ2v) is 12.3. The number of ether oxygens (including phenoxy) is 2. The van der Waals surface area contributed by atoms with Gasteiger partial charge in [-0.15, -0.1) is 0 Å². The summed E-state index contributed by atoms with van der Waals surface area (Å²) in [7, 11) is 1.36. The number of hydrogen-bond acceptors (Lipinski definition) is 8. The number of anilines is 1. The Morgan fingerprint density at radius 2 is 1.72 bits per heavy atom. The number of carbonyl (C=O) groups excluding carboxylic acids is 2. The van der Waals surface area contributed by atoms with E-state index >= 15 is 0 Å². The maximum atomic E-state index is 13.1. The maximum absolute atomic E-state index is 13.1. The fourth-order valence-electron chi connectivity index (χ4n) is 5.13. The molecule has 0 spiro atoms. The number of nitrogens with zero attached hydrogens (tertiary/aromatic N) is 3. The van der Waals surface area contributed by atoms with E-state index in [1.807, 2.05) is 81.4 Å². The number of fused-ring (bicyclic) bond motifs is 3. The van der Waals surface area contributed by atoms with Crippen molar-refractivity contribution in [1.82, 2.24) is 20.2 Å². The largest absolute Gasteiger partial charge is 0.465 e. The molecule has 0 fully saturated rings. The second-order valence-electron chi connectivity index (χ2n) is 11.9. The number of benzene rings is 3. The van der Waals surface area contributed by atoms with Gasteiger partial charge >= 0.3 is 12.1 Å². The van der Waals surface area contributed by atoms with Crippen molar-refractivity contribution in [3.05, 3.63) is 101 Å². The van der Waals surface area contributed by atoms with Gasteiger partial charge in [0, 0.05) is 71.9 Å². The topological polar surface area (TPSA) is 106 Å². The molecule has 0 aliphatic heterocycles. The van der Waals surface area contributed by atoms with Gasteiger partial charge in [0.15, 0.2) is 0 Å². The van der Waals surface area contributed by atoms with Crippen LogP contribution in [-0.2, 0) is 16.0 Å². The fraction of sp³-hybridized carbons (Fsp3) is 0.278. The zero-order chi connectivity index (χ0) is 32.7. The Kier molecular flexibility index (Phi) is 10.3. The Bertz CT molecular complexity index is 1840. The molecule has 0 radical (unpaired) electrons. The Morgan fingerprint density at radius 1 is 0.913 bits per heavy atom. The molecule has 5 aromatic rings. The van der Waals surface area contributed by atoms with Crippen molar-refractivity contribution in [2.24, 2.45) is 0 Å². The molecule has 5 rings (SSSR count). The van der Waals surface area contributed by atoms with Crippen LogP contribution in [-0.4, -0.2) is 65.8 Å². The highest BCUT2D eigenvalue weighted by atomic mass is 35.5. The molecule has 0 saturated heterocycles. The number of pyridine rings is 2.